The van der Waals surface area contributed by atoms with Crippen molar-refractivity contribution >= 4 is 148 Å². The fraction of sp³-hybridized carbons (Fsp3) is 0.333. The number of nitrogens with one attached hydrogen (secondary N) is 2. The summed E-state index contributed by atoms with van der Waals surface area (Å²) in [6.45, 7) is 0. The summed E-state index contributed by atoms with van der Waals surface area (Å²) in [5.74, 6) is -1.94. The van der Waals surface area contributed by atoms with Crippen molar-refractivity contribution < 1.29 is 17.8 Å². The van der Waals surface area contributed by atoms with Crippen LogP contribution >= 0.6 is 24.8 Å². The molecule has 0 rings (SSSR count). The van der Waals surface area contributed by atoms with E-state index < -0.39 is 21.8 Å². The second kappa shape index (κ2) is 11.0. The molecule has 1 amide bonds. The molecular formula is C3H8K2N2O4S3. The maximum absolute atomic E-state index is 10.6. The monoisotopic (exact) mass is 310 g/mol. The molecule has 0 saturated heterocycles. The summed E-state index contributed by atoms with van der Waals surface area (Å²) >= 11 is 7.96. The third-order valence-corrected chi connectivity index (χ3v) is 1.46. The van der Waals surface area contributed by atoms with Crippen molar-refractivity contribution in [2.45, 2.75) is 0 Å². The van der Waals surface area contributed by atoms with Gasteiger partial charge in [0.1, 0.15) is 4.32 Å². The first-order valence-electron chi connectivity index (χ1n) is 2.54. The molecule has 14 heavy (non-hydrogen) atoms. The maximum atomic E-state index is 10.6. The molecule has 0 fully saturated rings. The molecule has 0 saturated carbocycles. The van der Waals surface area contributed by atoms with E-state index in [9.17, 15) is 13.2 Å². The van der Waals surface area contributed by atoms with Crippen molar-refractivity contribution in [1.29, 1.82) is 0 Å². The Morgan fingerprint density at radius 1 is 1.36 bits per heavy atom. The van der Waals surface area contributed by atoms with Crippen LogP contribution in [0.1, 0.15) is 0 Å². The van der Waals surface area contributed by atoms with Crippen molar-refractivity contribution in [2.75, 3.05) is 5.75 Å². The van der Waals surface area contributed by atoms with Gasteiger partial charge in [-0.15, -0.1) is 12.6 Å². The first kappa shape index (κ1) is 22.1. The number of amides is 1. The molecule has 0 aromatic rings. The van der Waals surface area contributed by atoms with E-state index in [1.165, 1.54) is 0 Å². The summed E-state index contributed by atoms with van der Waals surface area (Å²) in [4.78, 5) is 10.6. The molecule has 0 heterocycles. The molecule has 0 aliphatic rings. The third-order valence-electron chi connectivity index (χ3n) is 0.622. The molecule has 3 N–H and O–H groups in total. The van der Waals surface area contributed by atoms with Crippen LogP contribution in [-0.4, -0.2) is 132 Å². The number of hydrogen-bond acceptors (Lipinski definition) is 4. The van der Waals surface area contributed by atoms with Crippen molar-refractivity contribution in [1.82, 2.24) is 10.9 Å². The first-order chi connectivity index (χ1) is 5.31. The quantitative estimate of drug-likeness (QED) is 0.147. The molecular weight excluding hydrogens is 302 g/mol. The van der Waals surface area contributed by atoms with Gasteiger partial charge in [-0.1, -0.05) is 12.2 Å². The van der Waals surface area contributed by atoms with E-state index in [4.69, 9.17) is 4.55 Å². The van der Waals surface area contributed by atoms with Crippen LogP contribution in [0.15, 0.2) is 0 Å². The number of thiol groups is 1. The molecule has 74 valence electrons. The first-order valence-corrected chi connectivity index (χ1v) is 5.00. The second-order valence-corrected chi connectivity index (χ2v) is 4.32. The molecule has 0 bridgehead atoms. The van der Waals surface area contributed by atoms with Gasteiger partial charge in [-0.2, -0.15) is 8.42 Å². The summed E-state index contributed by atoms with van der Waals surface area (Å²) in [5, 5.41) is 0. The number of thiocarbonyl (C=S) groups is 1. The van der Waals surface area contributed by atoms with E-state index in [0.717, 1.165) is 0 Å². The average molecular weight is 311 g/mol. The normalized spacial score (nSPS) is 9.00. The van der Waals surface area contributed by atoms with Crippen LogP contribution in [0, 0.1) is 0 Å². The number of hydrogen-bond donors (Lipinski definition) is 4. The third kappa shape index (κ3) is 17.3. The van der Waals surface area contributed by atoms with E-state index >= 15 is 0 Å². The number of carbonyl (C=O) groups is 1. The summed E-state index contributed by atoms with van der Waals surface area (Å²) in [7, 11) is -4.29. The SMILES string of the molecule is O=C(CS(=O)(=O)O)NNC(=S)S.[KH].[KH]. The molecule has 0 atom stereocenters. The van der Waals surface area contributed by atoms with E-state index in [0.29, 0.717) is 0 Å². The van der Waals surface area contributed by atoms with Gasteiger partial charge < -0.3 is 0 Å². The standard InChI is InChI=1S/C3H6N2O4S3.2K.2H/c6-2(1-12(7,8)9)4-5-3(10)11;;;;/h1H2,(H,4,6)(H2,5,10,11)(H,7,8,9);;;;. The van der Waals surface area contributed by atoms with Crippen molar-refractivity contribution in [3.8, 4) is 0 Å². The van der Waals surface area contributed by atoms with Gasteiger partial charge >= 0.3 is 103 Å². The Morgan fingerprint density at radius 3 is 2.07 bits per heavy atom. The van der Waals surface area contributed by atoms with E-state index in [1.54, 1.807) is 0 Å². The second-order valence-electron chi connectivity index (χ2n) is 1.70. The van der Waals surface area contributed by atoms with Gasteiger partial charge in [-0.25, -0.2) is 0 Å². The fourth-order valence-electron chi connectivity index (χ4n) is 0.325. The Balaban J connectivity index is -0.000000605. The Hall–Kier alpha value is 2.89. The van der Waals surface area contributed by atoms with Crippen LogP contribution < -0.4 is 10.9 Å². The number of hydrazine groups is 1. The van der Waals surface area contributed by atoms with Gasteiger partial charge in [0.2, 0.25) is 0 Å². The summed E-state index contributed by atoms with van der Waals surface area (Å²) in [6, 6.07) is 0. The van der Waals surface area contributed by atoms with Crippen LogP contribution in [-0.2, 0) is 14.9 Å². The molecule has 0 unspecified atom stereocenters. The zero-order chi connectivity index (χ0) is 9.78. The Kier molecular flexibility index (Phi) is 17.4. The predicted molar refractivity (Wildman–Crippen MR) is 63.6 cm³/mol. The van der Waals surface area contributed by atoms with Crippen molar-refractivity contribution in [2.24, 2.45) is 0 Å². The Labute approximate surface area is 178 Å². The molecule has 0 radical (unpaired) electrons. The zero-order valence-electron chi connectivity index (χ0n) is 5.64. The molecule has 0 aliphatic carbocycles. The number of rotatable bonds is 2. The van der Waals surface area contributed by atoms with Gasteiger partial charge in [0.05, 0.1) is 0 Å². The minimum absolute atomic E-state index is 0. The van der Waals surface area contributed by atoms with Crippen LogP contribution in [0.2, 0.25) is 0 Å². The van der Waals surface area contributed by atoms with Gasteiger partial charge in [0.25, 0.3) is 16.0 Å². The Bertz CT molecular complexity index is 292. The molecule has 11 heteroatoms. The summed E-state index contributed by atoms with van der Waals surface area (Å²) in [5.41, 5.74) is 3.98. The molecule has 0 aromatic carbocycles. The summed E-state index contributed by atoms with van der Waals surface area (Å²) < 4.78 is 28.4. The average Bonchev–Trinajstić information content (AvgIpc) is 1.79. The van der Waals surface area contributed by atoms with E-state index in [2.05, 4.69) is 30.3 Å². The van der Waals surface area contributed by atoms with Crippen LogP contribution in [0.3, 0.4) is 0 Å². The van der Waals surface area contributed by atoms with Gasteiger partial charge in [0, 0.05) is 0 Å². The molecule has 0 aromatic heterocycles. The number of carbonyl (C=O) groups excluding carboxylic acids is 1. The van der Waals surface area contributed by atoms with Crippen LogP contribution in [0.4, 0.5) is 0 Å². The van der Waals surface area contributed by atoms with E-state index in [-0.39, 0.29) is 107 Å². The predicted octanol–water partition coefficient (Wildman–Crippen LogP) is -2.59. The molecule has 0 aliphatic heterocycles. The van der Waals surface area contributed by atoms with Gasteiger partial charge in [0.15, 0.2) is 5.75 Å². The summed E-state index contributed by atoms with van der Waals surface area (Å²) in [6.07, 6.45) is 0. The topological polar surface area (TPSA) is 95.5 Å². The van der Waals surface area contributed by atoms with Crippen molar-refractivity contribution in [3.05, 3.63) is 0 Å². The molecule has 0 spiro atoms. The zero-order valence-corrected chi connectivity index (χ0v) is 8.17. The Morgan fingerprint density at radius 2 is 1.79 bits per heavy atom. The molecule has 6 nitrogen and oxygen atoms in total. The van der Waals surface area contributed by atoms with Crippen LogP contribution in [0.5, 0.6) is 0 Å². The van der Waals surface area contributed by atoms with Crippen LogP contribution in [0.25, 0.3) is 0 Å². The minimum atomic E-state index is -4.29. The van der Waals surface area contributed by atoms with Gasteiger partial charge in [-0.3, -0.25) is 20.2 Å². The fourth-order valence-corrected chi connectivity index (χ4v) is 0.835. The van der Waals surface area contributed by atoms with E-state index in [1.807, 2.05) is 5.43 Å². The van der Waals surface area contributed by atoms with Crippen molar-refractivity contribution in [3.63, 3.8) is 0 Å². The van der Waals surface area contributed by atoms with Gasteiger partial charge in [-0.05, 0) is 0 Å².